The number of methoxy groups -OCH3 is 1. The van der Waals surface area contributed by atoms with E-state index in [0.717, 1.165) is 0 Å². The Kier molecular flexibility index (Phi) is 4.77. The zero-order valence-electron chi connectivity index (χ0n) is 15.4. The number of carbonyl (C=O) groups is 2. The fraction of sp³-hybridized carbons (Fsp3) is 0.0952. The third-order valence-electron chi connectivity index (χ3n) is 4.69. The Morgan fingerprint density at radius 1 is 1.14 bits per heavy atom. The van der Waals surface area contributed by atoms with Crippen molar-refractivity contribution < 1.29 is 19.4 Å². The molecule has 0 bridgehead atoms. The van der Waals surface area contributed by atoms with Crippen molar-refractivity contribution in [3.8, 4) is 5.75 Å². The largest absolute Gasteiger partial charge is 0.507 e. The Balaban J connectivity index is 1.91. The summed E-state index contributed by atoms with van der Waals surface area (Å²) in [6.45, 7) is 0. The lowest BCUT2D eigenvalue weighted by Crippen LogP contribution is -2.29. The van der Waals surface area contributed by atoms with E-state index in [1.165, 1.54) is 16.2 Å². The molecule has 0 aliphatic carbocycles. The molecule has 0 saturated carbocycles. The SMILES string of the molecule is COc1ccc(C2/C(=C(/O)c3ccc(N)cc3)C(=O)C(=O)N2c2nccs2)cc1. The zero-order chi connectivity index (χ0) is 20.5. The minimum absolute atomic E-state index is 0.000128. The van der Waals surface area contributed by atoms with E-state index in [4.69, 9.17) is 10.5 Å². The Morgan fingerprint density at radius 3 is 2.41 bits per heavy atom. The first kappa shape index (κ1) is 18.7. The monoisotopic (exact) mass is 407 g/mol. The van der Waals surface area contributed by atoms with Crippen molar-refractivity contribution in [3.05, 3.63) is 76.8 Å². The van der Waals surface area contributed by atoms with Crippen LogP contribution in [0.25, 0.3) is 5.76 Å². The van der Waals surface area contributed by atoms with Gasteiger partial charge in [0.25, 0.3) is 5.78 Å². The number of thiazole rings is 1. The van der Waals surface area contributed by atoms with Crippen molar-refractivity contribution in [3.63, 3.8) is 0 Å². The number of hydrogen-bond acceptors (Lipinski definition) is 7. The Morgan fingerprint density at radius 2 is 1.83 bits per heavy atom. The summed E-state index contributed by atoms with van der Waals surface area (Å²) in [6.07, 6.45) is 1.56. The number of amides is 1. The first-order valence-corrected chi connectivity index (χ1v) is 9.59. The molecule has 3 N–H and O–H groups in total. The highest BCUT2D eigenvalue weighted by atomic mass is 32.1. The van der Waals surface area contributed by atoms with E-state index in [2.05, 4.69) is 4.98 Å². The first-order chi connectivity index (χ1) is 14.0. The molecule has 0 spiro atoms. The maximum atomic E-state index is 12.9. The maximum absolute atomic E-state index is 12.9. The maximum Gasteiger partial charge on any atom is 0.301 e. The van der Waals surface area contributed by atoms with E-state index in [9.17, 15) is 14.7 Å². The molecule has 1 saturated heterocycles. The van der Waals surface area contributed by atoms with Crippen molar-refractivity contribution in [2.45, 2.75) is 6.04 Å². The zero-order valence-corrected chi connectivity index (χ0v) is 16.2. The highest BCUT2D eigenvalue weighted by Crippen LogP contribution is 2.42. The van der Waals surface area contributed by atoms with Gasteiger partial charge in [-0.05, 0) is 42.0 Å². The van der Waals surface area contributed by atoms with Gasteiger partial charge in [-0.15, -0.1) is 11.3 Å². The number of hydrogen-bond donors (Lipinski definition) is 2. The third kappa shape index (κ3) is 3.23. The lowest BCUT2D eigenvalue weighted by Gasteiger charge is -2.23. The van der Waals surface area contributed by atoms with Crippen LogP contribution in [0.3, 0.4) is 0 Å². The summed E-state index contributed by atoms with van der Waals surface area (Å²) in [7, 11) is 1.55. The second-order valence-electron chi connectivity index (χ2n) is 6.38. The number of aromatic nitrogens is 1. The summed E-state index contributed by atoms with van der Waals surface area (Å²) in [5.41, 5.74) is 7.29. The van der Waals surface area contributed by atoms with Gasteiger partial charge in [0.05, 0.1) is 18.7 Å². The average molecular weight is 407 g/mol. The van der Waals surface area contributed by atoms with Gasteiger partial charge in [-0.3, -0.25) is 14.5 Å². The van der Waals surface area contributed by atoms with E-state index in [-0.39, 0.29) is 11.3 Å². The summed E-state index contributed by atoms with van der Waals surface area (Å²) in [5, 5.41) is 13.0. The van der Waals surface area contributed by atoms with Crippen LogP contribution in [-0.2, 0) is 9.59 Å². The predicted octanol–water partition coefficient (Wildman–Crippen LogP) is 3.36. The molecule has 146 valence electrons. The molecule has 8 heteroatoms. The highest BCUT2D eigenvalue weighted by molar-refractivity contribution is 7.14. The molecule has 2 aromatic carbocycles. The number of aliphatic hydroxyl groups excluding tert-OH is 1. The van der Waals surface area contributed by atoms with Crippen molar-refractivity contribution in [2.75, 3.05) is 17.7 Å². The summed E-state index contributed by atoms with van der Waals surface area (Å²) in [6, 6.07) is 12.6. The summed E-state index contributed by atoms with van der Waals surface area (Å²) >= 11 is 1.24. The number of carbonyl (C=O) groups excluding carboxylic acids is 2. The van der Waals surface area contributed by atoms with Gasteiger partial charge in [0.2, 0.25) is 0 Å². The van der Waals surface area contributed by atoms with Crippen LogP contribution in [0.1, 0.15) is 17.2 Å². The van der Waals surface area contributed by atoms with Gasteiger partial charge in [0.15, 0.2) is 5.13 Å². The Hall–Kier alpha value is -3.65. The molecule has 29 heavy (non-hydrogen) atoms. The van der Waals surface area contributed by atoms with E-state index in [0.29, 0.717) is 27.7 Å². The minimum Gasteiger partial charge on any atom is -0.507 e. The molecule has 2 heterocycles. The topological polar surface area (TPSA) is 106 Å². The van der Waals surface area contributed by atoms with E-state index >= 15 is 0 Å². The number of nitrogen functional groups attached to an aromatic ring is 1. The Bertz CT molecular complexity index is 1090. The van der Waals surface area contributed by atoms with Crippen molar-refractivity contribution in [2.24, 2.45) is 0 Å². The van der Waals surface area contributed by atoms with Crippen LogP contribution < -0.4 is 15.4 Å². The molecule has 1 aliphatic heterocycles. The molecule has 7 nitrogen and oxygen atoms in total. The molecular weight excluding hydrogens is 390 g/mol. The lowest BCUT2D eigenvalue weighted by molar-refractivity contribution is -0.132. The van der Waals surface area contributed by atoms with Crippen LogP contribution in [0, 0.1) is 0 Å². The number of ketones is 1. The van der Waals surface area contributed by atoms with E-state index in [1.807, 2.05) is 0 Å². The number of aliphatic hydroxyl groups is 1. The molecule has 0 radical (unpaired) electrons. The normalized spacial score (nSPS) is 18.2. The molecule has 1 atom stereocenters. The molecular formula is C21H17N3O4S. The van der Waals surface area contributed by atoms with Crippen LogP contribution >= 0.6 is 11.3 Å². The fourth-order valence-electron chi connectivity index (χ4n) is 3.26. The molecule has 3 aromatic rings. The predicted molar refractivity (Wildman–Crippen MR) is 111 cm³/mol. The molecule has 4 rings (SSSR count). The summed E-state index contributed by atoms with van der Waals surface area (Å²) in [4.78, 5) is 31.3. The molecule has 1 unspecified atom stereocenters. The van der Waals surface area contributed by atoms with Gasteiger partial charge < -0.3 is 15.6 Å². The van der Waals surface area contributed by atoms with Crippen molar-refractivity contribution in [1.29, 1.82) is 0 Å². The number of anilines is 2. The lowest BCUT2D eigenvalue weighted by atomic mass is 9.95. The van der Waals surface area contributed by atoms with Gasteiger partial charge in [0, 0.05) is 22.8 Å². The van der Waals surface area contributed by atoms with Gasteiger partial charge in [0.1, 0.15) is 11.5 Å². The van der Waals surface area contributed by atoms with Crippen LogP contribution in [0.5, 0.6) is 5.75 Å². The van der Waals surface area contributed by atoms with Gasteiger partial charge in [-0.2, -0.15) is 0 Å². The third-order valence-corrected chi connectivity index (χ3v) is 5.46. The number of nitrogens with two attached hydrogens (primary N) is 1. The van der Waals surface area contributed by atoms with Crippen molar-refractivity contribution in [1.82, 2.24) is 4.98 Å². The molecule has 1 fully saturated rings. The minimum atomic E-state index is -0.815. The van der Waals surface area contributed by atoms with Gasteiger partial charge in [-0.1, -0.05) is 12.1 Å². The van der Waals surface area contributed by atoms with Gasteiger partial charge >= 0.3 is 5.91 Å². The van der Waals surface area contributed by atoms with Gasteiger partial charge in [-0.25, -0.2) is 4.98 Å². The second kappa shape index (κ2) is 7.40. The number of ether oxygens (including phenoxy) is 1. The highest BCUT2D eigenvalue weighted by Gasteiger charge is 2.47. The molecule has 1 amide bonds. The van der Waals surface area contributed by atoms with E-state index in [1.54, 1.807) is 67.2 Å². The molecule has 1 aromatic heterocycles. The molecule has 1 aliphatic rings. The number of benzene rings is 2. The Labute approximate surface area is 170 Å². The number of nitrogens with zero attached hydrogens (tertiary/aromatic N) is 2. The average Bonchev–Trinajstić information content (AvgIpc) is 3.35. The standard InChI is InChI=1S/C21H17N3O4S/c1-28-15-8-4-12(5-9-15)17-16(18(25)13-2-6-14(22)7-3-13)19(26)20(27)24(17)21-23-10-11-29-21/h2-11,17,25H,22H2,1H3/b18-16-. The van der Waals surface area contributed by atoms with Crippen LogP contribution in [0.4, 0.5) is 10.8 Å². The fourth-order valence-corrected chi connectivity index (χ4v) is 3.93. The van der Waals surface area contributed by atoms with Crippen LogP contribution in [-0.4, -0.2) is 28.9 Å². The summed E-state index contributed by atoms with van der Waals surface area (Å²) < 4.78 is 5.20. The van der Waals surface area contributed by atoms with Crippen LogP contribution in [0.2, 0.25) is 0 Å². The smallest absolute Gasteiger partial charge is 0.301 e. The second-order valence-corrected chi connectivity index (χ2v) is 7.25. The van der Waals surface area contributed by atoms with E-state index < -0.39 is 17.7 Å². The first-order valence-electron chi connectivity index (χ1n) is 8.71. The summed E-state index contributed by atoms with van der Waals surface area (Å²) in [5.74, 6) is -1.13. The quantitative estimate of drug-likeness (QED) is 0.297. The number of Topliss-reactive ketones (excluding diaryl/α,β-unsaturated/α-hetero) is 1. The van der Waals surface area contributed by atoms with Crippen molar-refractivity contribution >= 4 is 39.6 Å². The van der Waals surface area contributed by atoms with Crippen LogP contribution in [0.15, 0.2) is 65.7 Å². The number of rotatable bonds is 4.